The molecule has 1 heterocycles. The summed E-state index contributed by atoms with van der Waals surface area (Å²) >= 11 is 3.39. The van der Waals surface area contributed by atoms with Crippen LogP contribution in [0.5, 0.6) is 5.75 Å². The summed E-state index contributed by atoms with van der Waals surface area (Å²) in [6, 6.07) is 7.84. The molecule has 0 aliphatic carbocycles. The van der Waals surface area contributed by atoms with Crippen LogP contribution in [0.4, 0.5) is 0 Å². The van der Waals surface area contributed by atoms with Gasteiger partial charge in [0, 0.05) is 4.47 Å². The van der Waals surface area contributed by atoms with Crippen LogP contribution in [-0.2, 0) is 4.74 Å². The van der Waals surface area contributed by atoms with Gasteiger partial charge in [-0.25, -0.2) is 0 Å². The minimum absolute atomic E-state index is 0.147. The van der Waals surface area contributed by atoms with Gasteiger partial charge in [-0.05, 0) is 25.1 Å². The average molecular weight is 243 g/mol. The van der Waals surface area contributed by atoms with Crippen molar-refractivity contribution in [3.05, 3.63) is 28.7 Å². The number of ether oxygens (including phenoxy) is 2. The molecule has 0 radical (unpaired) electrons. The van der Waals surface area contributed by atoms with Crippen LogP contribution < -0.4 is 4.74 Å². The van der Waals surface area contributed by atoms with Gasteiger partial charge in [-0.15, -0.1) is 0 Å². The lowest BCUT2D eigenvalue weighted by atomic mass is 10.3. The van der Waals surface area contributed by atoms with Crippen molar-refractivity contribution in [3.8, 4) is 5.75 Å². The van der Waals surface area contributed by atoms with Gasteiger partial charge in [-0.2, -0.15) is 0 Å². The molecule has 2 nitrogen and oxygen atoms in total. The lowest BCUT2D eigenvalue weighted by Gasteiger charge is -2.11. The zero-order chi connectivity index (χ0) is 9.26. The number of hydrogen-bond donors (Lipinski definition) is 0. The molecule has 0 aromatic heterocycles. The van der Waals surface area contributed by atoms with Crippen molar-refractivity contribution in [3.63, 3.8) is 0 Å². The van der Waals surface area contributed by atoms with Gasteiger partial charge in [0.15, 0.2) is 0 Å². The Labute approximate surface area is 86.0 Å². The maximum absolute atomic E-state index is 5.66. The molecule has 0 unspecified atom stereocenters. The van der Waals surface area contributed by atoms with Crippen molar-refractivity contribution >= 4 is 15.9 Å². The maximum Gasteiger partial charge on any atom is 0.124 e. The Morgan fingerprint density at radius 1 is 1.62 bits per heavy atom. The van der Waals surface area contributed by atoms with E-state index >= 15 is 0 Å². The fourth-order valence-corrected chi connectivity index (χ4v) is 1.54. The Morgan fingerprint density at radius 3 is 3.00 bits per heavy atom. The first-order chi connectivity index (χ1) is 6.25. The second-order valence-corrected chi connectivity index (χ2v) is 4.07. The van der Waals surface area contributed by atoms with Crippen LogP contribution in [0.2, 0.25) is 0 Å². The second-order valence-electron chi connectivity index (χ2n) is 3.15. The van der Waals surface area contributed by atoms with Gasteiger partial charge >= 0.3 is 0 Å². The quantitative estimate of drug-likeness (QED) is 0.761. The highest BCUT2D eigenvalue weighted by molar-refractivity contribution is 9.10. The summed E-state index contributed by atoms with van der Waals surface area (Å²) in [6.45, 7) is 2.85. The molecule has 1 aliphatic heterocycles. The van der Waals surface area contributed by atoms with Gasteiger partial charge < -0.3 is 9.47 Å². The number of rotatable bonds is 3. The molecule has 0 spiro atoms. The predicted octanol–water partition coefficient (Wildman–Crippen LogP) is 2.62. The molecule has 2 atom stereocenters. The third-order valence-electron chi connectivity index (χ3n) is 2.00. The van der Waals surface area contributed by atoms with Crippen molar-refractivity contribution in [2.45, 2.75) is 19.1 Å². The highest BCUT2D eigenvalue weighted by Gasteiger charge is 2.30. The molecule has 0 saturated carbocycles. The third kappa shape index (κ3) is 2.45. The largest absolute Gasteiger partial charge is 0.488 e. The van der Waals surface area contributed by atoms with Crippen LogP contribution >= 0.6 is 15.9 Å². The van der Waals surface area contributed by atoms with Crippen molar-refractivity contribution in [1.29, 1.82) is 0 Å². The van der Waals surface area contributed by atoms with Crippen LogP contribution in [-0.4, -0.2) is 18.8 Å². The highest BCUT2D eigenvalue weighted by Crippen LogP contribution is 2.22. The van der Waals surface area contributed by atoms with E-state index in [-0.39, 0.29) is 6.10 Å². The standard InChI is InChI=1S/C10H11BrO2/c1-7(10-6-12-10)13-9-4-2-3-8(11)5-9/h2-5,7,10H,6H2,1H3/t7-,10+/m1/s1. The highest BCUT2D eigenvalue weighted by atomic mass is 79.9. The molecule has 1 saturated heterocycles. The predicted molar refractivity (Wildman–Crippen MR) is 54.0 cm³/mol. The van der Waals surface area contributed by atoms with Crippen LogP contribution in [0.3, 0.4) is 0 Å². The van der Waals surface area contributed by atoms with E-state index in [0.29, 0.717) is 6.10 Å². The van der Waals surface area contributed by atoms with E-state index in [1.54, 1.807) is 0 Å². The zero-order valence-electron chi connectivity index (χ0n) is 7.37. The number of epoxide rings is 1. The van der Waals surface area contributed by atoms with E-state index in [4.69, 9.17) is 9.47 Å². The summed E-state index contributed by atoms with van der Waals surface area (Å²) in [4.78, 5) is 0. The Morgan fingerprint density at radius 2 is 2.38 bits per heavy atom. The molecule has 1 fully saturated rings. The molecule has 1 aliphatic rings. The minimum Gasteiger partial charge on any atom is -0.488 e. The SMILES string of the molecule is C[C@@H](Oc1cccc(Br)c1)[C@@H]1CO1. The number of halogens is 1. The van der Waals surface area contributed by atoms with Crippen LogP contribution in [0.1, 0.15) is 6.92 Å². The van der Waals surface area contributed by atoms with E-state index in [1.165, 1.54) is 0 Å². The Kier molecular flexibility index (Phi) is 2.56. The van der Waals surface area contributed by atoms with E-state index in [0.717, 1.165) is 16.8 Å². The fraction of sp³-hybridized carbons (Fsp3) is 0.400. The summed E-state index contributed by atoms with van der Waals surface area (Å²) in [7, 11) is 0. The molecule has 2 rings (SSSR count). The first kappa shape index (κ1) is 9.03. The van der Waals surface area contributed by atoms with E-state index in [9.17, 15) is 0 Å². The minimum atomic E-state index is 0.147. The van der Waals surface area contributed by atoms with Crippen molar-refractivity contribution in [2.75, 3.05) is 6.61 Å². The van der Waals surface area contributed by atoms with E-state index < -0.39 is 0 Å². The Balaban J connectivity index is 2.00. The molecule has 13 heavy (non-hydrogen) atoms. The molecule has 70 valence electrons. The second kappa shape index (κ2) is 3.68. The summed E-state index contributed by atoms with van der Waals surface area (Å²) in [5.41, 5.74) is 0. The van der Waals surface area contributed by atoms with Crippen molar-refractivity contribution in [1.82, 2.24) is 0 Å². The van der Waals surface area contributed by atoms with Gasteiger partial charge in [-0.1, -0.05) is 22.0 Å². The first-order valence-electron chi connectivity index (χ1n) is 4.29. The molecular weight excluding hydrogens is 232 g/mol. The Bertz CT molecular complexity index is 297. The zero-order valence-corrected chi connectivity index (χ0v) is 8.95. The van der Waals surface area contributed by atoms with Gasteiger partial charge in [0.2, 0.25) is 0 Å². The maximum atomic E-state index is 5.66. The smallest absolute Gasteiger partial charge is 0.124 e. The lowest BCUT2D eigenvalue weighted by molar-refractivity contribution is 0.176. The van der Waals surface area contributed by atoms with Gasteiger partial charge in [0.05, 0.1) is 6.61 Å². The molecule has 1 aromatic rings. The average Bonchev–Trinajstić information content (AvgIpc) is 2.85. The Hall–Kier alpha value is -0.540. The van der Waals surface area contributed by atoms with Crippen LogP contribution in [0.25, 0.3) is 0 Å². The van der Waals surface area contributed by atoms with E-state index in [1.807, 2.05) is 31.2 Å². The van der Waals surface area contributed by atoms with Crippen molar-refractivity contribution < 1.29 is 9.47 Å². The summed E-state index contributed by atoms with van der Waals surface area (Å²) in [6.07, 6.45) is 0.438. The first-order valence-corrected chi connectivity index (χ1v) is 5.09. The van der Waals surface area contributed by atoms with E-state index in [2.05, 4.69) is 15.9 Å². The monoisotopic (exact) mass is 242 g/mol. The summed E-state index contributed by atoms with van der Waals surface area (Å²) in [5.74, 6) is 0.886. The third-order valence-corrected chi connectivity index (χ3v) is 2.49. The van der Waals surface area contributed by atoms with Gasteiger partial charge in [0.25, 0.3) is 0 Å². The molecular formula is C10H11BrO2. The van der Waals surface area contributed by atoms with Gasteiger partial charge in [0.1, 0.15) is 18.0 Å². The summed E-state index contributed by atoms with van der Waals surface area (Å²) in [5, 5.41) is 0. The molecule has 0 N–H and O–H groups in total. The lowest BCUT2D eigenvalue weighted by Crippen LogP contribution is -2.18. The summed E-state index contributed by atoms with van der Waals surface area (Å²) < 4.78 is 11.8. The molecule has 3 heteroatoms. The molecule has 0 bridgehead atoms. The fourth-order valence-electron chi connectivity index (χ4n) is 1.16. The number of benzene rings is 1. The number of hydrogen-bond acceptors (Lipinski definition) is 2. The molecule has 0 amide bonds. The normalized spacial score (nSPS) is 22.5. The van der Waals surface area contributed by atoms with Crippen LogP contribution in [0.15, 0.2) is 28.7 Å². The van der Waals surface area contributed by atoms with Crippen molar-refractivity contribution in [2.24, 2.45) is 0 Å². The van der Waals surface area contributed by atoms with Crippen LogP contribution in [0, 0.1) is 0 Å². The topological polar surface area (TPSA) is 21.8 Å². The van der Waals surface area contributed by atoms with Gasteiger partial charge in [-0.3, -0.25) is 0 Å². The molecule has 1 aromatic carbocycles.